The maximum Gasteiger partial charge on any atom is 0.309 e. The highest BCUT2D eigenvalue weighted by atomic mass is 16.5. The zero-order valence-corrected chi connectivity index (χ0v) is 10.1. The van der Waals surface area contributed by atoms with Gasteiger partial charge in [0, 0.05) is 6.42 Å². The van der Waals surface area contributed by atoms with Crippen molar-refractivity contribution < 1.29 is 19.1 Å². The molecule has 0 bridgehead atoms. The molecule has 0 amide bonds. The van der Waals surface area contributed by atoms with Crippen LogP contribution in [-0.4, -0.2) is 25.5 Å². The van der Waals surface area contributed by atoms with Gasteiger partial charge < -0.3 is 9.47 Å². The van der Waals surface area contributed by atoms with Crippen LogP contribution in [0.15, 0.2) is 24.3 Å². The van der Waals surface area contributed by atoms with Crippen molar-refractivity contribution >= 4 is 17.8 Å². The van der Waals surface area contributed by atoms with Gasteiger partial charge in [-0.1, -0.05) is 18.2 Å². The SMILES string of the molecule is COC(=O)CC=Cc1ccc2c(c1)OCCC2=O. The number of carbonyl (C=O) groups excluding carboxylic acids is 2. The standard InChI is InChI=1S/C14H14O4/c1-17-14(16)4-2-3-10-5-6-11-12(15)7-8-18-13(11)9-10/h2-3,5-6,9H,4,7-8H2,1H3. The first kappa shape index (κ1) is 12.4. The Hall–Kier alpha value is -2.10. The third-order valence-corrected chi connectivity index (χ3v) is 2.72. The molecular weight excluding hydrogens is 232 g/mol. The Morgan fingerprint density at radius 1 is 1.50 bits per heavy atom. The summed E-state index contributed by atoms with van der Waals surface area (Å²) < 4.78 is 9.97. The monoisotopic (exact) mass is 246 g/mol. The Bertz CT molecular complexity index is 503. The second-order valence-electron chi connectivity index (χ2n) is 3.96. The van der Waals surface area contributed by atoms with E-state index in [-0.39, 0.29) is 18.2 Å². The molecule has 0 aromatic heterocycles. The number of esters is 1. The van der Waals surface area contributed by atoms with E-state index in [1.54, 1.807) is 24.3 Å². The first-order valence-corrected chi connectivity index (χ1v) is 5.74. The first-order valence-electron chi connectivity index (χ1n) is 5.74. The fourth-order valence-electron chi connectivity index (χ4n) is 1.76. The van der Waals surface area contributed by atoms with Crippen molar-refractivity contribution in [2.75, 3.05) is 13.7 Å². The number of ether oxygens (including phenoxy) is 2. The van der Waals surface area contributed by atoms with E-state index < -0.39 is 0 Å². The number of fused-ring (bicyclic) bond motifs is 1. The minimum absolute atomic E-state index is 0.112. The maximum absolute atomic E-state index is 11.6. The van der Waals surface area contributed by atoms with E-state index in [1.807, 2.05) is 6.07 Å². The predicted molar refractivity (Wildman–Crippen MR) is 66.6 cm³/mol. The number of hydrogen-bond donors (Lipinski definition) is 0. The molecule has 1 aromatic rings. The van der Waals surface area contributed by atoms with Crippen LogP contribution in [0.3, 0.4) is 0 Å². The van der Waals surface area contributed by atoms with Crippen LogP contribution in [-0.2, 0) is 9.53 Å². The van der Waals surface area contributed by atoms with Crippen molar-refractivity contribution in [2.24, 2.45) is 0 Å². The summed E-state index contributed by atoms with van der Waals surface area (Å²) >= 11 is 0. The van der Waals surface area contributed by atoms with Crippen molar-refractivity contribution in [3.63, 3.8) is 0 Å². The summed E-state index contributed by atoms with van der Waals surface area (Å²) in [6.07, 6.45) is 4.19. The minimum atomic E-state index is -0.282. The van der Waals surface area contributed by atoms with Crippen LogP contribution < -0.4 is 4.74 Å². The largest absolute Gasteiger partial charge is 0.492 e. The van der Waals surface area contributed by atoms with Gasteiger partial charge in [0.1, 0.15) is 5.75 Å². The first-order chi connectivity index (χ1) is 8.70. The molecular formula is C14H14O4. The molecule has 0 fully saturated rings. The van der Waals surface area contributed by atoms with Gasteiger partial charge in [-0.3, -0.25) is 9.59 Å². The average Bonchev–Trinajstić information content (AvgIpc) is 2.38. The second-order valence-corrected chi connectivity index (χ2v) is 3.96. The summed E-state index contributed by atoms with van der Waals surface area (Å²) in [7, 11) is 1.36. The third-order valence-electron chi connectivity index (χ3n) is 2.72. The number of hydrogen-bond acceptors (Lipinski definition) is 4. The highest BCUT2D eigenvalue weighted by Gasteiger charge is 2.17. The summed E-state index contributed by atoms with van der Waals surface area (Å²) in [6.45, 7) is 0.432. The molecule has 0 N–H and O–H groups in total. The molecule has 0 spiro atoms. The van der Waals surface area contributed by atoms with Gasteiger partial charge in [0.25, 0.3) is 0 Å². The Kier molecular flexibility index (Phi) is 3.77. The molecule has 4 heteroatoms. The molecule has 4 nitrogen and oxygen atoms in total. The van der Waals surface area contributed by atoms with Gasteiger partial charge in [-0.2, -0.15) is 0 Å². The molecule has 0 saturated heterocycles. The third kappa shape index (κ3) is 2.77. The number of Topliss-reactive ketones (excluding diaryl/α,β-unsaturated/α-hetero) is 1. The summed E-state index contributed by atoms with van der Waals surface area (Å²) in [5.41, 5.74) is 1.53. The van der Waals surface area contributed by atoms with E-state index in [4.69, 9.17) is 4.74 Å². The normalized spacial score (nSPS) is 14.2. The molecule has 18 heavy (non-hydrogen) atoms. The zero-order chi connectivity index (χ0) is 13.0. The fraction of sp³-hybridized carbons (Fsp3) is 0.286. The smallest absolute Gasteiger partial charge is 0.309 e. The Morgan fingerprint density at radius 2 is 2.33 bits per heavy atom. The summed E-state index contributed by atoms with van der Waals surface area (Å²) in [5.74, 6) is 0.448. The van der Waals surface area contributed by atoms with E-state index in [2.05, 4.69) is 4.74 Å². The summed E-state index contributed by atoms with van der Waals surface area (Å²) in [4.78, 5) is 22.5. The zero-order valence-electron chi connectivity index (χ0n) is 10.1. The van der Waals surface area contributed by atoms with Crippen LogP contribution >= 0.6 is 0 Å². The number of benzene rings is 1. The summed E-state index contributed by atoms with van der Waals surface area (Å²) in [5, 5.41) is 0. The number of carbonyl (C=O) groups is 2. The van der Waals surface area contributed by atoms with Crippen molar-refractivity contribution in [1.29, 1.82) is 0 Å². The summed E-state index contributed by atoms with van der Waals surface area (Å²) in [6, 6.07) is 5.40. The fourth-order valence-corrected chi connectivity index (χ4v) is 1.76. The number of ketones is 1. The van der Waals surface area contributed by atoms with Gasteiger partial charge in [0.15, 0.2) is 5.78 Å². The Balaban J connectivity index is 2.11. The Morgan fingerprint density at radius 3 is 3.11 bits per heavy atom. The van der Waals surface area contributed by atoms with Gasteiger partial charge in [0.2, 0.25) is 0 Å². The van der Waals surface area contributed by atoms with Gasteiger partial charge in [0.05, 0.1) is 25.7 Å². The number of rotatable bonds is 3. The van der Waals surface area contributed by atoms with Crippen molar-refractivity contribution in [3.8, 4) is 5.75 Å². The molecule has 0 aliphatic carbocycles. The molecule has 1 heterocycles. The van der Waals surface area contributed by atoms with Crippen LogP contribution in [0, 0.1) is 0 Å². The van der Waals surface area contributed by atoms with E-state index in [0.29, 0.717) is 24.3 Å². The van der Waals surface area contributed by atoms with Crippen molar-refractivity contribution in [1.82, 2.24) is 0 Å². The van der Waals surface area contributed by atoms with E-state index in [1.165, 1.54) is 7.11 Å². The predicted octanol–water partition coefficient (Wildman–Crippen LogP) is 2.23. The second kappa shape index (κ2) is 5.49. The molecule has 0 saturated carbocycles. The average molecular weight is 246 g/mol. The van der Waals surface area contributed by atoms with Gasteiger partial charge in [-0.05, 0) is 17.7 Å². The van der Waals surface area contributed by atoms with Crippen molar-refractivity contribution in [3.05, 3.63) is 35.4 Å². The molecule has 0 radical (unpaired) electrons. The van der Waals surface area contributed by atoms with Crippen molar-refractivity contribution in [2.45, 2.75) is 12.8 Å². The highest BCUT2D eigenvalue weighted by molar-refractivity contribution is 5.99. The van der Waals surface area contributed by atoms with Gasteiger partial charge in [-0.25, -0.2) is 0 Å². The van der Waals surface area contributed by atoms with E-state index in [0.717, 1.165) is 5.56 Å². The van der Waals surface area contributed by atoms with Crippen LogP contribution in [0.25, 0.3) is 6.08 Å². The van der Waals surface area contributed by atoms with Crippen LogP contribution in [0.1, 0.15) is 28.8 Å². The molecule has 94 valence electrons. The van der Waals surface area contributed by atoms with E-state index >= 15 is 0 Å². The quantitative estimate of drug-likeness (QED) is 0.767. The molecule has 1 aliphatic heterocycles. The van der Waals surface area contributed by atoms with Crippen LogP contribution in [0.4, 0.5) is 0 Å². The number of methoxy groups -OCH3 is 1. The molecule has 1 aliphatic rings. The maximum atomic E-state index is 11.6. The lowest BCUT2D eigenvalue weighted by Gasteiger charge is -2.16. The molecule has 1 aromatic carbocycles. The molecule has 0 atom stereocenters. The molecule has 2 rings (SSSR count). The molecule has 0 unspecified atom stereocenters. The van der Waals surface area contributed by atoms with Gasteiger partial charge in [-0.15, -0.1) is 0 Å². The lowest BCUT2D eigenvalue weighted by atomic mass is 10.0. The van der Waals surface area contributed by atoms with Gasteiger partial charge >= 0.3 is 5.97 Å². The lowest BCUT2D eigenvalue weighted by Crippen LogP contribution is -2.15. The lowest BCUT2D eigenvalue weighted by molar-refractivity contribution is -0.139. The highest BCUT2D eigenvalue weighted by Crippen LogP contribution is 2.26. The topological polar surface area (TPSA) is 52.6 Å². The van der Waals surface area contributed by atoms with Crippen LogP contribution in [0.5, 0.6) is 5.75 Å². The van der Waals surface area contributed by atoms with Crippen LogP contribution in [0.2, 0.25) is 0 Å². The minimum Gasteiger partial charge on any atom is -0.492 e. The van der Waals surface area contributed by atoms with E-state index in [9.17, 15) is 9.59 Å². The Labute approximate surface area is 105 Å².